The Kier molecular flexibility index (Phi) is 34.7. The molecule has 0 aliphatic rings. The Morgan fingerprint density at radius 1 is 0.277 bits per heavy atom. The number of anilines is 7. The van der Waals surface area contributed by atoms with Gasteiger partial charge >= 0.3 is 0 Å². The number of H-pyrrole nitrogens is 7. The van der Waals surface area contributed by atoms with E-state index in [4.69, 9.17) is 23.2 Å². The van der Waals surface area contributed by atoms with E-state index < -0.39 is 0 Å². The molecule has 0 spiro atoms. The summed E-state index contributed by atoms with van der Waals surface area (Å²) in [7, 11) is 0. The van der Waals surface area contributed by atoms with E-state index in [1.807, 2.05) is 186 Å². The number of para-hydroxylation sites is 2. The summed E-state index contributed by atoms with van der Waals surface area (Å²) in [6, 6.07) is 92.0. The lowest BCUT2D eigenvalue weighted by Gasteiger charge is -2.07. The van der Waals surface area contributed by atoms with Crippen molar-refractivity contribution in [2.75, 3.05) is 37.2 Å². The first kappa shape index (κ1) is 102. The number of aryl methyl sites for hydroxylation is 5. The molecule has 7 amide bonds. The standard InChI is InChI=1S/C15H12ClN5O.4C15H13N5O.C14H10ClN5O.C12H7N7OS/c1-9-2-7-12(8-13(9)16)17-15(22)11-5-3-10(4-6-11)14-18-20-21-19-14;3*1-10-2-8-13(9-3-10)16-15(21)12-6-4-11(5-7-12)14-17-19-20-18-14;1-10-9-11(7-8-13(10)14-17-19-20-18-14)15(21)16-12-5-3-2-4-6-12;15-12-8-9(13-17-19-20-18-13)6-7-11(12)14(21)16-10-4-2-1-3-5-10;13-6-8-5-7(10-16-18-19-17-10)1-2-9(8)11(20)15-12-14-3-4-21-12/h2-8H,1H3,(H,17,22)(H,18,19,20,21);4*2-9H,1H3,(H,16,21)(H,17,18,19,20);1-8H,(H,16,21)(H,17,18,19,20);1-5H,(H,14,15,20)(H,16,17,18,19). The lowest BCUT2D eigenvalue weighted by atomic mass is 10.0. The molecule has 0 aliphatic heterocycles. The number of hydrogen-bond donors (Lipinski definition) is 14. The number of benzene rings is 13. The normalized spacial score (nSPS) is 10.3. The Labute approximate surface area is 853 Å². The molecule has 21 aromatic rings. The number of thiazole rings is 1. The van der Waals surface area contributed by atoms with E-state index in [1.165, 1.54) is 11.3 Å². The molecule has 44 nitrogen and oxygen atoms in total. The predicted octanol–water partition coefficient (Wildman–Crippen LogP) is 17.0. The van der Waals surface area contributed by atoms with Crippen LogP contribution in [-0.4, -0.2) is 191 Å². The molecular formula is C101H81Cl2N37O7S. The number of nitriles is 1. The maximum atomic E-state index is 12.2. The molecule has 8 aromatic heterocycles. The number of aromatic amines is 7. The van der Waals surface area contributed by atoms with Crippen molar-refractivity contribution >= 4 is 115 Å². The highest BCUT2D eigenvalue weighted by Gasteiger charge is 2.21. The number of hydrogen-bond acceptors (Lipinski definition) is 31. The van der Waals surface area contributed by atoms with Crippen molar-refractivity contribution in [3.05, 3.63) is 397 Å². The third kappa shape index (κ3) is 28.8. The van der Waals surface area contributed by atoms with Gasteiger partial charge in [0.05, 0.1) is 27.8 Å². The third-order valence-electron chi connectivity index (χ3n) is 21.0. The van der Waals surface area contributed by atoms with E-state index in [0.717, 1.165) is 78.4 Å². The molecule has 0 saturated carbocycles. The number of rotatable bonds is 21. The molecule has 148 heavy (non-hydrogen) atoms. The number of aromatic nitrogens is 29. The summed E-state index contributed by atoms with van der Waals surface area (Å²) in [5.41, 5.74) is 18.8. The van der Waals surface area contributed by atoms with Crippen LogP contribution >= 0.6 is 34.5 Å². The zero-order valence-electron chi connectivity index (χ0n) is 78.3. The van der Waals surface area contributed by atoms with Gasteiger partial charge < -0.3 is 31.9 Å². The van der Waals surface area contributed by atoms with Gasteiger partial charge in [-0.15, -0.1) is 82.7 Å². The molecule has 0 fully saturated rings. The Hall–Kier alpha value is -20.7. The summed E-state index contributed by atoms with van der Waals surface area (Å²) >= 11 is 13.5. The maximum Gasteiger partial charge on any atom is 0.258 e. The van der Waals surface area contributed by atoms with Crippen LogP contribution in [0.15, 0.2) is 315 Å². The summed E-state index contributed by atoms with van der Waals surface area (Å²) in [5.74, 6) is 1.80. The highest BCUT2D eigenvalue weighted by atomic mass is 35.5. The number of amides is 7. The van der Waals surface area contributed by atoms with Crippen LogP contribution in [0, 0.1) is 45.9 Å². The second-order valence-corrected chi connectivity index (χ2v) is 33.1. The van der Waals surface area contributed by atoms with Crippen LogP contribution in [0.25, 0.3) is 79.7 Å². The lowest BCUT2D eigenvalue weighted by molar-refractivity contribution is 0.101. The van der Waals surface area contributed by atoms with Crippen molar-refractivity contribution in [2.24, 2.45) is 0 Å². The lowest BCUT2D eigenvalue weighted by Crippen LogP contribution is -2.13. The van der Waals surface area contributed by atoms with Gasteiger partial charge in [0.15, 0.2) is 5.13 Å². The predicted molar refractivity (Wildman–Crippen MR) is 552 cm³/mol. The summed E-state index contributed by atoms with van der Waals surface area (Å²) in [6.45, 7) is 9.82. The molecule has 0 atom stereocenters. The van der Waals surface area contributed by atoms with E-state index in [2.05, 4.69) is 187 Å². The van der Waals surface area contributed by atoms with E-state index in [-0.39, 0.29) is 52.5 Å². The summed E-state index contributed by atoms with van der Waals surface area (Å²) in [5, 5.41) is 128. The number of carbonyl (C=O) groups is 7. The van der Waals surface area contributed by atoms with Crippen molar-refractivity contribution in [1.82, 2.24) is 149 Å². The summed E-state index contributed by atoms with van der Waals surface area (Å²) < 4.78 is 0. The SMILES string of the molecule is Cc1cc(C(=O)Nc2ccccc2)ccc1-c1nn[nH]n1.Cc1ccc(NC(=O)c2ccc(-c3nn[nH]n3)cc2)cc1.Cc1ccc(NC(=O)c2ccc(-c3nn[nH]n3)cc2)cc1.Cc1ccc(NC(=O)c2ccc(-c3nn[nH]n3)cc2)cc1.Cc1ccc(NC(=O)c2ccc(-c3nn[nH]n3)cc2)cc1Cl.N#Cc1cc(-c2nn[nH]n2)ccc1C(=O)Nc1nccs1.O=C(Nc1ccccc1)c1ccc(-c2nn[nH]n2)cc1Cl. The Balaban J connectivity index is 0.000000129. The highest BCUT2D eigenvalue weighted by molar-refractivity contribution is 7.13. The zero-order valence-corrected chi connectivity index (χ0v) is 80.7. The van der Waals surface area contributed by atoms with Gasteiger partial charge in [0.25, 0.3) is 41.4 Å². The molecule has 47 heteroatoms. The number of tetrazole rings is 7. The van der Waals surface area contributed by atoms with Crippen LogP contribution in [0.1, 0.15) is 106 Å². The zero-order chi connectivity index (χ0) is 103. The first-order chi connectivity index (χ1) is 72.0. The first-order valence-electron chi connectivity index (χ1n) is 44.2. The molecule has 14 N–H and O–H groups in total. The van der Waals surface area contributed by atoms with Gasteiger partial charge in [-0.1, -0.05) is 179 Å². The van der Waals surface area contributed by atoms with E-state index in [1.54, 1.807) is 169 Å². The number of halogens is 2. The Morgan fingerprint density at radius 2 is 0.581 bits per heavy atom. The Bertz CT molecular complexity index is 7660. The minimum Gasteiger partial charge on any atom is -0.322 e. The summed E-state index contributed by atoms with van der Waals surface area (Å²) in [6.07, 6.45) is 1.59. The van der Waals surface area contributed by atoms with Gasteiger partial charge in [0, 0.05) is 117 Å². The van der Waals surface area contributed by atoms with Gasteiger partial charge in [0.2, 0.25) is 40.8 Å². The number of nitrogens with one attached hydrogen (secondary N) is 14. The summed E-state index contributed by atoms with van der Waals surface area (Å²) in [4.78, 5) is 89.1. The van der Waals surface area contributed by atoms with Crippen molar-refractivity contribution in [3.63, 3.8) is 0 Å². The van der Waals surface area contributed by atoms with Gasteiger partial charge in [-0.2, -0.15) is 41.8 Å². The average molecular weight is 2030 g/mol. The molecule has 0 unspecified atom stereocenters. The smallest absolute Gasteiger partial charge is 0.258 e. The van der Waals surface area contributed by atoms with Crippen molar-refractivity contribution in [3.8, 4) is 85.8 Å². The topological polar surface area (TPSA) is 622 Å². The molecule has 732 valence electrons. The second kappa shape index (κ2) is 50.5. The third-order valence-corrected chi connectivity index (χ3v) is 22.4. The monoisotopic (exact) mass is 2030 g/mol. The van der Waals surface area contributed by atoms with E-state index in [0.29, 0.717) is 112 Å². The maximum absolute atomic E-state index is 12.2. The van der Waals surface area contributed by atoms with Crippen LogP contribution in [0.2, 0.25) is 10.0 Å². The van der Waals surface area contributed by atoms with Gasteiger partial charge in [-0.05, 0) is 246 Å². The van der Waals surface area contributed by atoms with Gasteiger partial charge in [-0.25, -0.2) is 4.98 Å². The van der Waals surface area contributed by atoms with Gasteiger partial charge in [-0.3, -0.25) is 38.9 Å². The fourth-order valence-corrected chi connectivity index (χ4v) is 14.2. The molecule has 8 heterocycles. The van der Waals surface area contributed by atoms with Crippen molar-refractivity contribution < 1.29 is 33.6 Å². The fourth-order valence-electron chi connectivity index (χ4n) is 13.2. The van der Waals surface area contributed by atoms with E-state index in [9.17, 15) is 38.8 Å². The molecule has 13 aromatic carbocycles. The quantitative estimate of drug-likeness (QED) is 0.0318. The van der Waals surface area contributed by atoms with Crippen LogP contribution < -0.4 is 37.2 Å². The largest absolute Gasteiger partial charge is 0.322 e. The van der Waals surface area contributed by atoms with Crippen molar-refractivity contribution in [1.29, 1.82) is 5.26 Å². The van der Waals surface area contributed by atoms with Crippen LogP contribution in [0.5, 0.6) is 0 Å². The minimum absolute atomic E-state index is 0.149. The van der Waals surface area contributed by atoms with Crippen LogP contribution in [0.4, 0.5) is 39.3 Å². The number of carbonyl (C=O) groups excluding carboxylic acids is 7. The molecule has 0 saturated heterocycles. The van der Waals surface area contributed by atoms with Crippen LogP contribution in [0.3, 0.4) is 0 Å². The number of nitrogens with zero attached hydrogens (tertiary/aromatic N) is 23. The molecule has 0 radical (unpaired) electrons. The van der Waals surface area contributed by atoms with E-state index >= 15 is 0 Å². The molecule has 0 aliphatic carbocycles. The van der Waals surface area contributed by atoms with Crippen molar-refractivity contribution in [2.45, 2.75) is 34.6 Å². The highest BCUT2D eigenvalue weighted by Crippen LogP contribution is 2.29. The average Bonchev–Trinajstić information content (AvgIpc) is 1.30. The second-order valence-electron chi connectivity index (χ2n) is 31.4. The fraction of sp³-hybridized carbons (Fsp3) is 0.0495. The van der Waals surface area contributed by atoms with Gasteiger partial charge in [0.1, 0.15) is 0 Å². The molecule has 0 bridgehead atoms. The minimum atomic E-state index is -0.388. The molecule has 21 rings (SSSR count). The van der Waals surface area contributed by atoms with Crippen LogP contribution in [-0.2, 0) is 0 Å². The molecular weight excluding hydrogens is 1950 g/mol. The Morgan fingerprint density at radius 3 is 0.912 bits per heavy atom. The first-order valence-corrected chi connectivity index (χ1v) is 45.9.